The summed E-state index contributed by atoms with van der Waals surface area (Å²) in [6.07, 6.45) is 3.73. The maximum absolute atomic E-state index is 13.1. The Morgan fingerprint density at radius 2 is 1.96 bits per heavy atom. The van der Waals surface area contributed by atoms with Gasteiger partial charge in [-0.05, 0) is 62.4 Å². The lowest BCUT2D eigenvalue weighted by atomic mass is 9.86. The van der Waals surface area contributed by atoms with Crippen LogP contribution in [0.15, 0.2) is 24.3 Å². The fourth-order valence-corrected chi connectivity index (χ4v) is 3.92. The highest BCUT2D eigenvalue weighted by Gasteiger charge is 2.34. The number of piperidine rings is 2. The highest BCUT2D eigenvalue weighted by atomic mass is 19.1. The van der Waals surface area contributed by atoms with Crippen LogP contribution in [-0.2, 0) is 16.0 Å². The number of hydrogen-bond acceptors (Lipinski definition) is 3. The average Bonchev–Trinajstić information content (AvgIpc) is 2.64. The van der Waals surface area contributed by atoms with Gasteiger partial charge in [-0.3, -0.25) is 4.79 Å². The molecule has 4 nitrogen and oxygen atoms in total. The van der Waals surface area contributed by atoms with E-state index in [1.54, 1.807) is 7.11 Å². The van der Waals surface area contributed by atoms with Gasteiger partial charge in [-0.1, -0.05) is 12.1 Å². The van der Waals surface area contributed by atoms with Crippen molar-refractivity contribution >= 4 is 5.91 Å². The van der Waals surface area contributed by atoms with Gasteiger partial charge in [-0.2, -0.15) is 0 Å². The molecule has 3 rings (SSSR count). The lowest BCUT2D eigenvalue weighted by Gasteiger charge is -2.40. The SMILES string of the molecule is CO[C@@H]1CN(C(=O)C2CCNCC2)CC[C@@H]1Cc1ccc(F)cc1. The van der Waals surface area contributed by atoms with Crippen LogP contribution < -0.4 is 5.32 Å². The van der Waals surface area contributed by atoms with Gasteiger partial charge in [0.05, 0.1) is 6.10 Å². The topological polar surface area (TPSA) is 41.6 Å². The fourth-order valence-electron chi connectivity index (χ4n) is 3.92. The average molecular weight is 334 g/mol. The molecule has 2 aliphatic rings. The zero-order chi connectivity index (χ0) is 16.9. The maximum Gasteiger partial charge on any atom is 0.225 e. The van der Waals surface area contributed by atoms with Crippen LogP contribution in [0.1, 0.15) is 24.8 Å². The van der Waals surface area contributed by atoms with E-state index in [4.69, 9.17) is 4.74 Å². The Morgan fingerprint density at radius 1 is 1.25 bits per heavy atom. The molecule has 132 valence electrons. The molecule has 2 heterocycles. The molecule has 0 unspecified atom stereocenters. The van der Waals surface area contributed by atoms with Gasteiger partial charge in [0.15, 0.2) is 0 Å². The molecule has 0 spiro atoms. The lowest BCUT2D eigenvalue weighted by Crippen LogP contribution is -2.50. The molecular weight excluding hydrogens is 307 g/mol. The van der Waals surface area contributed by atoms with E-state index < -0.39 is 0 Å². The van der Waals surface area contributed by atoms with Crippen molar-refractivity contribution in [3.05, 3.63) is 35.6 Å². The molecule has 1 aromatic carbocycles. The summed E-state index contributed by atoms with van der Waals surface area (Å²) >= 11 is 0. The van der Waals surface area contributed by atoms with E-state index in [1.807, 2.05) is 17.0 Å². The molecule has 2 atom stereocenters. The summed E-state index contributed by atoms with van der Waals surface area (Å²) in [5.41, 5.74) is 1.13. The van der Waals surface area contributed by atoms with E-state index in [1.165, 1.54) is 12.1 Å². The summed E-state index contributed by atoms with van der Waals surface area (Å²) in [5, 5.41) is 3.31. The second-order valence-electron chi connectivity index (χ2n) is 6.96. The second kappa shape index (κ2) is 8.08. The van der Waals surface area contributed by atoms with Gasteiger partial charge in [0, 0.05) is 26.1 Å². The van der Waals surface area contributed by atoms with Crippen LogP contribution in [0.5, 0.6) is 0 Å². The molecule has 1 amide bonds. The molecule has 1 aromatic rings. The smallest absolute Gasteiger partial charge is 0.225 e. The number of nitrogens with zero attached hydrogens (tertiary/aromatic N) is 1. The molecule has 0 aromatic heterocycles. The Bertz CT molecular complexity index is 543. The third kappa shape index (κ3) is 4.14. The number of hydrogen-bond donors (Lipinski definition) is 1. The van der Waals surface area contributed by atoms with Crippen LogP contribution in [0.2, 0.25) is 0 Å². The number of rotatable bonds is 4. The lowest BCUT2D eigenvalue weighted by molar-refractivity contribution is -0.141. The summed E-state index contributed by atoms with van der Waals surface area (Å²) in [4.78, 5) is 14.7. The van der Waals surface area contributed by atoms with Crippen LogP contribution in [-0.4, -0.2) is 50.2 Å². The Balaban J connectivity index is 1.58. The normalized spacial score (nSPS) is 25.7. The van der Waals surface area contributed by atoms with Crippen molar-refractivity contribution < 1.29 is 13.9 Å². The Hall–Kier alpha value is -1.46. The molecular formula is C19H27FN2O2. The van der Waals surface area contributed by atoms with Gasteiger partial charge < -0.3 is 15.0 Å². The molecule has 2 aliphatic heterocycles. The van der Waals surface area contributed by atoms with E-state index in [0.29, 0.717) is 18.4 Å². The molecule has 24 heavy (non-hydrogen) atoms. The van der Waals surface area contributed by atoms with E-state index in [-0.39, 0.29) is 17.8 Å². The first-order valence-electron chi connectivity index (χ1n) is 8.94. The number of amides is 1. The highest BCUT2D eigenvalue weighted by molar-refractivity contribution is 5.79. The fraction of sp³-hybridized carbons (Fsp3) is 0.632. The van der Waals surface area contributed by atoms with Gasteiger partial charge in [0.1, 0.15) is 5.82 Å². The summed E-state index contributed by atoms with van der Waals surface area (Å²) in [6.45, 7) is 3.34. The van der Waals surface area contributed by atoms with Crippen molar-refractivity contribution in [3.8, 4) is 0 Å². The minimum absolute atomic E-state index is 0.0504. The summed E-state index contributed by atoms with van der Waals surface area (Å²) in [5.74, 6) is 0.623. The van der Waals surface area contributed by atoms with Gasteiger partial charge in [0.25, 0.3) is 0 Å². The zero-order valence-corrected chi connectivity index (χ0v) is 14.3. The van der Waals surface area contributed by atoms with Crippen molar-refractivity contribution in [2.24, 2.45) is 11.8 Å². The van der Waals surface area contributed by atoms with E-state index in [0.717, 1.165) is 50.9 Å². The number of nitrogens with one attached hydrogen (secondary N) is 1. The maximum atomic E-state index is 13.1. The van der Waals surface area contributed by atoms with E-state index in [2.05, 4.69) is 5.32 Å². The second-order valence-corrected chi connectivity index (χ2v) is 6.96. The van der Waals surface area contributed by atoms with Crippen LogP contribution in [0.3, 0.4) is 0 Å². The van der Waals surface area contributed by atoms with Gasteiger partial charge in [0.2, 0.25) is 5.91 Å². The molecule has 2 fully saturated rings. The van der Waals surface area contributed by atoms with Crippen molar-refractivity contribution in [1.29, 1.82) is 0 Å². The minimum atomic E-state index is -0.204. The van der Waals surface area contributed by atoms with Crippen molar-refractivity contribution in [2.45, 2.75) is 31.8 Å². The van der Waals surface area contributed by atoms with Crippen molar-refractivity contribution in [3.63, 3.8) is 0 Å². The first-order chi connectivity index (χ1) is 11.7. The van der Waals surface area contributed by atoms with Crippen LogP contribution in [0, 0.1) is 17.7 Å². The van der Waals surface area contributed by atoms with E-state index >= 15 is 0 Å². The minimum Gasteiger partial charge on any atom is -0.379 e. The van der Waals surface area contributed by atoms with Crippen LogP contribution in [0.25, 0.3) is 0 Å². The Kier molecular flexibility index (Phi) is 5.85. The highest BCUT2D eigenvalue weighted by Crippen LogP contribution is 2.26. The summed E-state index contributed by atoms with van der Waals surface area (Å²) < 4.78 is 18.7. The predicted molar refractivity (Wildman–Crippen MR) is 91.2 cm³/mol. The van der Waals surface area contributed by atoms with Crippen LogP contribution >= 0.6 is 0 Å². The molecule has 0 radical (unpaired) electrons. The monoisotopic (exact) mass is 334 g/mol. The standard InChI is InChI=1S/C19H27FN2O2/c1-24-18-13-22(19(23)15-6-9-21-10-7-15)11-8-16(18)12-14-2-4-17(20)5-3-14/h2-5,15-16,18,21H,6-13H2,1H3/t16-,18-/m1/s1. The molecule has 0 aliphatic carbocycles. The molecule has 1 N–H and O–H groups in total. The summed E-state index contributed by atoms with van der Waals surface area (Å²) in [7, 11) is 1.72. The molecule has 0 saturated carbocycles. The third-order valence-electron chi connectivity index (χ3n) is 5.41. The zero-order valence-electron chi connectivity index (χ0n) is 14.3. The van der Waals surface area contributed by atoms with Gasteiger partial charge in [-0.25, -0.2) is 4.39 Å². The first kappa shape index (κ1) is 17.4. The molecule has 5 heteroatoms. The number of carbonyl (C=O) groups is 1. The number of carbonyl (C=O) groups excluding carboxylic acids is 1. The largest absolute Gasteiger partial charge is 0.379 e. The number of likely N-dealkylation sites (tertiary alicyclic amines) is 1. The molecule has 0 bridgehead atoms. The predicted octanol–water partition coefficient (Wildman–Crippen LogP) is 2.23. The Morgan fingerprint density at radius 3 is 2.62 bits per heavy atom. The van der Waals surface area contributed by atoms with Gasteiger partial charge in [-0.15, -0.1) is 0 Å². The number of ether oxygens (including phenoxy) is 1. The number of benzene rings is 1. The quantitative estimate of drug-likeness (QED) is 0.918. The van der Waals surface area contributed by atoms with Crippen LogP contribution in [0.4, 0.5) is 4.39 Å². The molecule has 2 saturated heterocycles. The first-order valence-corrected chi connectivity index (χ1v) is 8.94. The van der Waals surface area contributed by atoms with Gasteiger partial charge >= 0.3 is 0 Å². The van der Waals surface area contributed by atoms with Crippen molar-refractivity contribution in [2.75, 3.05) is 33.3 Å². The number of halogens is 1. The Labute approximate surface area is 143 Å². The van der Waals surface area contributed by atoms with Crippen molar-refractivity contribution in [1.82, 2.24) is 10.2 Å². The van der Waals surface area contributed by atoms with E-state index in [9.17, 15) is 9.18 Å². The third-order valence-corrected chi connectivity index (χ3v) is 5.41. The summed E-state index contributed by atoms with van der Waals surface area (Å²) in [6, 6.07) is 6.70. The number of methoxy groups -OCH3 is 1.